The molecule has 2 aliphatic heterocycles. The SMILES string of the molecule is C.C=C(C)C[C@@H]1[C@@H](C(=O)O)N(C(=O)OCc2ccccc2)C[C@@H]1O.C=C(C)C[C@@H]1[C@@H](C(=O)OC)N(C(=O)OCc2ccccc2)C[C@@H]1O. The molecule has 12 nitrogen and oxygen atoms in total. The molecule has 12 heteroatoms. The van der Waals surface area contributed by atoms with Crippen LogP contribution in [0.1, 0.15) is 45.2 Å². The number of carbonyl (C=O) groups excluding carboxylic acids is 3. The molecular weight excluding hydrogens is 620 g/mol. The van der Waals surface area contributed by atoms with Crippen LogP contribution >= 0.6 is 0 Å². The van der Waals surface area contributed by atoms with Crippen LogP contribution in [0.5, 0.6) is 0 Å². The molecule has 2 fully saturated rings. The Hall–Kier alpha value is -4.68. The molecule has 262 valence electrons. The number of amides is 2. The van der Waals surface area contributed by atoms with E-state index in [0.717, 1.165) is 27.2 Å². The highest BCUT2D eigenvalue weighted by molar-refractivity contribution is 5.83. The number of likely N-dealkylation sites (tertiary alicyclic amines) is 2. The number of hydrogen-bond donors (Lipinski definition) is 3. The van der Waals surface area contributed by atoms with Crippen LogP contribution < -0.4 is 0 Å². The Labute approximate surface area is 282 Å². The van der Waals surface area contributed by atoms with E-state index in [1.54, 1.807) is 6.92 Å². The number of nitrogens with zero attached hydrogens (tertiary/aromatic N) is 2. The summed E-state index contributed by atoms with van der Waals surface area (Å²) in [5.74, 6) is -2.73. The van der Waals surface area contributed by atoms with Crippen LogP contribution in [-0.2, 0) is 37.0 Å². The zero-order valence-corrected chi connectivity index (χ0v) is 27.0. The Morgan fingerprint density at radius 2 is 1.10 bits per heavy atom. The molecule has 0 aliphatic carbocycles. The summed E-state index contributed by atoms with van der Waals surface area (Å²) >= 11 is 0. The number of carboxylic acids is 1. The van der Waals surface area contributed by atoms with Crippen molar-refractivity contribution in [2.45, 2.75) is 71.6 Å². The number of carboxylic acid groups (broad SMARTS) is 1. The maximum absolute atomic E-state index is 12.4. The third-order valence-electron chi connectivity index (χ3n) is 7.98. The molecule has 2 amide bonds. The average Bonchev–Trinajstić information content (AvgIpc) is 3.54. The van der Waals surface area contributed by atoms with Crippen molar-refractivity contribution in [3.05, 3.63) is 96.1 Å². The molecule has 0 aromatic heterocycles. The number of esters is 1. The van der Waals surface area contributed by atoms with Crippen LogP contribution in [0.2, 0.25) is 0 Å². The summed E-state index contributed by atoms with van der Waals surface area (Å²) in [6.07, 6.45) is -2.32. The molecule has 0 radical (unpaired) electrons. The minimum atomic E-state index is -1.15. The fraction of sp³-hybridized carbons (Fsp3) is 0.444. The molecule has 6 atom stereocenters. The first kappa shape index (κ1) is 39.5. The van der Waals surface area contributed by atoms with E-state index in [0.29, 0.717) is 12.8 Å². The average molecular weight is 669 g/mol. The van der Waals surface area contributed by atoms with E-state index in [-0.39, 0.29) is 33.7 Å². The van der Waals surface area contributed by atoms with Gasteiger partial charge in [0.25, 0.3) is 0 Å². The van der Waals surface area contributed by atoms with Crippen molar-refractivity contribution < 1.29 is 48.7 Å². The Balaban J connectivity index is 0.000000327. The second kappa shape index (κ2) is 18.6. The van der Waals surface area contributed by atoms with Crippen molar-refractivity contribution in [1.82, 2.24) is 9.80 Å². The number of aliphatic carboxylic acids is 1. The van der Waals surface area contributed by atoms with Gasteiger partial charge in [-0.05, 0) is 37.8 Å². The summed E-state index contributed by atoms with van der Waals surface area (Å²) < 4.78 is 15.3. The molecule has 2 aromatic rings. The van der Waals surface area contributed by atoms with Gasteiger partial charge < -0.3 is 29.5 Å². The zero-order valence-electron chi connectivity index (χ0n) is 27.0. The lowest BCUT2D eigenvalue weighted by molar-refractivity contribution is -0.147. The number of methoxy groups -OCH3 is 1. The number of allylic oxidation sites excluding steroid dienone is 2. The first-order chi connectivity index (χ1) is 22.3. The van der Waals surface area contributed by atoms with Gasteiger partial charge in [-0.2, -0.15) is 0 Å². The second-order valence-corrected chi connectivity index (χ2v) is 11.9. The Kier molecular flexibility index (Phi) is 15.3. The molecule has 48 heavy (non-hydrogen) atoms. The Morgan fingerprint density at radius 1 is 0.729 bits per heavy atom. The van der Waals surface area contributed by atoms with Crippen molar-refractivity contribution in [1.29, 1.82) is 0 Å². The predicted molar refractivity (Wildman–Crippen MR) is 178 cm³/mol. The van der Waals surface area contributed by atoms with Gasteiger partial charge in [-0.3, -0.25) is 9.80 Å². The fourth-order valence-corrected chi connectivity index (χ4v) is 5.80. The smallest absolute Gasteiger partial charge is 0.410 e. The number of rotatable bonds is 10. The highest BCUT2D eigenvalue weighted by Gasteiger charge is 2.49. The van der Waals surface area contributed by atoms with Crippen molar-refractivity contribution in [2.24, 2.45) is 11.8 Å². The third kappa shape index (κ3) is 10.7. The van der Waals surface area contributed by atoms with Gasteiger partial charge in [-0.1, -0.05) is 79.2 Å². The number of carbonyl (C=O) groups is 4. The molecular formula is C36H48N2O10. The van der Waals surface area contributed by atoms with Crippen LogP contribution in [0.3, 0.4) is 0 Å². The molecule has 0 bridgehead atoms. The minimum absolute atomic E-state index is 0. The number of benzene rings is 2. The Bertz CT molecular complexity index is 1400. The largest absolute Gasteiger partial charge is 0.480 e. The summed E-state index contributed by atoms with van der Waals surface area (Å²) in [6.45, 7) is 11.3. The van der Waals surface area contributed by atoms with Crippen molar-refractivity contribution in [3.8, 4) is 0 Å². The maximum atomic E-state index is 12.4. The topological polar surface area (TPSA) is 163 Å². The van der Waals surface area contributed by atoms with E-state index in [4.69, 9.17) is 14.2 Å². The molecule has 3 N–H and O–H groups in total. The molecule has 2 saturated heterocycles. The van der Waals surface area contributed by atoms with Gasteiger partial charge in [-0.25, -0.2) is 19.2 Å². The van der Waals surface area contributed by atoms with Crippen molar-refractivity contribution >= 4 is 24.1 Å². The number of ether oxygens (including phenoxy) is 3. The lowest BCUT2D eigenvalue weighted by Gasteiger charge is -2.25. The van der Waals surface area contributed by atoms with Crippen LogP contribution in [0.25, 0.3) is 0 Å². The van der Waals surface area contributed by atoms with Gasteiger partial charge in [0.15, 0.2) is 0 Å². The predicted octanol–water partition coefficient (Wildman–Crippen LogP) is 4.80. The van der Waals surface area contributed by atoms with Gasteiger partial charge in [0.2, 0.25) is 0 Å². The molecule has 2 aromatic carbocycles. The lowest BCUT2D eigenvalue weighted by atomic mass is 9.91. The van der Waals surface area contributed by atoms with Crippen LogP contribution in [0, 0.1) is 11.8 Å². The fourth-order valence-electron chi connectivity index (χ4n) is 5.80. The van der Waals surface area contributed by atoms with E-state index >= 15 is 0 Å². The van der Waals surface area contributed by atoms with Gasteiger partial charge in [-0.15, -0.1) is 13.2 Å². The molecule has 0 unspecified atom stereocenters. The van der Waals surface area contributed by atoms with Gasteiger partial charge >= 0.3 is 24.1 Å². The number of aliphatic hydroxyl groups is 2. The molecule has 2 aliphatic rings. The zero-order chi connectivity index (χ0) is 34.7. The first-order valence-electron chi connectivity index (χ1n) is 15.2. The van der Waals surface area contributed by atoms with E-state index < -0.39 is 60.3 Å². The van der Waals surface area contributed by atoms with Gasteiger partial charge in [0.1, 0.15) is 25.3 Å². The van der Waals surface area contributed by atoms with Crippen LogP contribution in [-0.4, -0.2) is 93.7 Å². The van der Waals surface area contributed by atoms with Crippen molar-refractivity contribution in [3.63, 3.8) is 0 Å². The minimum Gasteiger partial charge on any atom is -0.480 e. The Morgan fingerprint density at radius 3 is 1.46 bits per heavy atom. The third-order valence-corrected chi connectivity index (χ3v) is 7.98. The first-order valence-corrected chi connectivity index (χ1v) is 15.2. The summed E-state index contributed by atoms with van der Waals surface area (Å²) in [7, 11) is 1.26. The molecule has 0 saturated carbocycles. The monoisotopic (exact) mass is 668 g/mol. The summed E-state index contributed by atoms with van der Waals surface area (Å²) in [6, 6.07) is 16.4. The van der Waals surface area contributed by atoms with Crippen molar-refractivity contribution in [2.75, 3.05) is 20.2 Å². The highest BCUT2D eigenvalue weighted by atomic mass is 16.6. The normalized spacial score (nSPS) is 22.8. The van der Waals surface area contributed by atoms with E-state index in [2.05, 4.69) is 13.2 Å². The quantitative estimate of drug-likeness (QED) is 0.182. The summed E-state index contributed by atoms with van der Waals surface area (Å²) in [5.41, 5.74) is 3.25. The number of β-amino-alcohol motifs (C(OH)–C–C–N with tert-alkyl or cyclic N) is 2. The summed E-state index contributed by atoms with van der Waals surface area (Å²) in [5, 5.41) is 29.8. The highest BCUT2D eigenvalue weighted by Crippen LogP contribution is 2.32. The van der Waals surface area contributed by atoms with E-state index in [1.165, 1.54) is 12.0 Å². The molecule has 4 rings (SSSR count). The van der Waals surface area contributed by atoms with Gasteiger partial charge in [0, 0.05) is 11.8 Å². The lowest BCUT2D eigenvalue weighted by Crippen LogP contribution is -2.44. The van der Waals surface area contributed by atoms with E-state index in [1.807, 2.05) is 67.6 Å². The summed E-state index contributed by atoms with van der Waals surface area (Å²) in [4.78, 5) is 50.6. The van der Waals surface area contributed by atoms with Crippen LogP contribution in [0.15, 0.2) is 85.0 Å². The standard InChI is InChI=1S/C18H23NO5.C17H21NO5.CH4/c1-12(2)9-14-15(20)10-19(16(14)17(21)23-3)18(22)24-11-13-7-5-4-6-8-13;1-11(2)8-13-14(19)9-18(15(13)16(20)21)17(22)23-10-12-6-4-3-5-7-12;/h4-8,14-16,20H,1,9-11H2,2-3H3;3-7,13-15,19H,1,8-10H2,2H3,(H,20,21);1H4/t14-,15-,16-;13-,14-,15-;/m00./s1. The van der Waals surface area contributed by atoms with Gasteiger partial charge in [0.05, 0.1) is 32.4 Å². The second-order valence-electron chi connectivity index (χ2n) is 11.9. The number of hydrogen-bond acceptors (Lipinski definition) is 9. The number of aliphatic hydroxyl groups excluding tert-OH is 2. The maximum Gasteiger partial charge on any atom is 0.410 e. The van der Waals surface area contributed by atoms with Crippen LogP contribution in [0.4, 0.5) is 9.59 Å². The molecule has 0 spiro atoms. The van der Waals surface area contributed by atoms with E-state index in [9.17, 15) is 34.5 Å². The molecule has 2 heterocycles.